The van der Waals surface area contributed by atoms with Gasteiger partial charge < -0.3 is 5.32 Å². The van der Waals surface area contributed by atoms with Crippen molar-refractivity contribution in [3.8, 4) is 0 Å². The molecule has 0 aromatic carbocycles. The minimum atomic E-state index is -3.09. The first-order valence-electron chi connectivity index (χ1n) is 6.22. The maximum Gasteiger partial charge on any atom is 0.212 e. The van der Waals surface area contributed by atoms with Crippen LogP contribution < -0.4 is 10.0 Å². The fraction of sp³-hybridized carbons (Fsp3) is 1.00. The quantitative estimate of drug-likeness (QED) is 0.632. The van der Waals surface area contributed by atoms with Crippen LogP contribution in [0.4, 0.5) is 0 Å². The lowest BCUT2D eigenvalue weighted by molar-refractivity contribution is 0.133. The van der Waals surface area contributed by atoms with E-state index >= 15 is 0 Å². The normalized spacial score (nSPS) is 19.4. The SMILES string of the molecule is CCNCCS(=O)(=O)NCC1(CC)CCC1. The standard InChI is InChI=1S/C11H24N2O2S/c1-3-11(6-5-7-11)10-13-16(14,15)9-8-12-4-2/h12-13H,3-10H2,1-2H3. The molecular weight excluding hydrogens is 224 g/mol. The van der Waals surface area contributed by atoms with Gasteiger partial charge in [-0.25, -0.2) is 13.1 Å². The van der Waals surface area contributed by atoms with Crippen LogP contribution in [0.3, 0.4) is 0 Å². The molecule has 1 aliphatic rings. The minimum absolute atomic E-state index is 0.181. The second-order valence-electron chi connectivity index (χ2n) is 4.70. The number of sulfonamides is 1. The van der Waals surface area contributed by atoms with Crippen LogP contribution >= 0.6 is 0 Å². The van der Waals surface area contributed by atoms with Crippen molar-refractivity contribution in [1.82, 2.24) is 10.0 Å². The molecule has 0 radical (unpaired) electrons. The predicted octanol–water partition coefficient (Wildman–Crippen LogP) is 1.10. The van der Waals surface area contributed by atoms with Crippen LogP contribution in [0.2, 0.25) is 0 Å². The molecule has 0 unspecified atom stereocenters. The van der Waals surface area contributed by atoms with Gasteiger partial charge in [-0.3, -0.25) is 0 Å². The molecule has 1 fully saturated rings. The summed E-state index contributed by atoms with van der Waals surface area (Å²) < 4.78 is 26.1. The molecule has 5 heteroatoms. The third kappa shape index (κ3) is 4.03. The Balaban J connectivity index is 2.30. The molecule has 16 heavy (non-hydrogen) atoms. The molecule has 0 spiro atoms. The molecule has 96 valence electrons. The van der Waals surface area contributed by atoms with Crippen LogP contribution in [-0.4, -0.2) is 33.8 Å². The maximum atomic E-state index is 11.7. The van der Waals surface area contributed by atoms with Crippen molar-refractivity contribution in [3.63, 3.8) is 0 Å². The average Bonchev–Trinajstić information content (AvgIpc) is 2.17. The highest BCUT2D eigenvalue weighted by atomic mass is 32.2. The van der Waals surface area contributed by atoms with E-state index in [1.807, 2.05) is 6.92 Å². The molecule has 1 saturated carbocycles. The van der Waals surface area contributed by atoms with Gasteiger partial charge in [0.1, 0.15) is 0 Å². The summed E-state index contributed by atoms with van der Waals surface area (Å²) in [5, 5.41) is 3.02. The summed E-state index contributed by atoms with van der Waals surface area (Å²) in [5.74, 6) is 0.181. The van der Waals surface area contributed by atoms with Crippen molar-refractivity contribution in [2.24, 2.45) is 5.41 Å². The molecule has 0 aromatic rings. The number of rotatable bonds is 8. The fourth-order valence-corrected chi connectivity index (χ4v) is 3.13. The molecule has 0 amide bonds. The lowest BCUT2D eigenvalue weighted by Crippen LogP contribution is -2.43. The second-order valence-corrected chi connectivity index (χ2v) is 6.63. The summed E-state index contributed by atoms with van der Waals surface area (Å²) in [6.07, 6.45) is 4.65. The molecule has 0 heterocycles. The molecule has 0 bridgehead atoms. The summed E-state index contributed by atoms with van der Waals surface area (Å²) in [4.78, 5) is 0. The van der Waals surface area contributed by atoms with Crippen molar-refractivity contribution in [1.29, 1.82) is 0 Å². The van der Waals surface area contributed by atoms with Crippen LogP contribution in [0.5, 0.6) is 0 Å². The van der Waals surface area contributed by atoms with E-state index in [9.17, 15) is 8.42 Å². The molecule has 1 aliphatic carbocycles. The Labute approximate surface area is 99.2 Å². The molecule has 0 aliphatic heterocycles. The van der Waals surface area contributed by atoms with Gasteiger partial charge in [-0.2, -0.15) is 0 Å². The Hall–Kier alpha value is -0.130. The first-order valence-corrected chi connectivity index (χ1v) is 7.87. The zero-order valence-corrected chi connectivity index (χ0v) is 11.2. The number of nitrogens with one attached hydrogen (secondary N) is 2. The Morgan fingerprint density at radius 1 is 1.25 bits per heavy atom. The van der Waals surface area contributed by atoms with E-state index in [1.54, 1.807) is 0 Å². The van der Waals surface area contributed by atoms with Gasteiger partial charge >= 0.3 is 0 Å². The largest absolute Gasteiger partial charge is 0.316 e. The van der Waals surface area contributed by atoms with Crippen molar-refractivity contribution < 1.29 is 8.42 Å². The summed E-state index contributed by atoms with van der Waals surface area (Å²) in [5.41, 5.74) is 0.255. The third-order valence-corrected chi connectivity index (χ3v) is 4.95. The first kappa shape index (κ1) is 13.9. The molecule has 0 aromatic heterocycles. The van der Waals surface area contributed by atoms with Gasteiger partial charge in [-0.05, 0) is 31.2 Å². The Bertz CT molecular complexity index is 292. The van der Waals surface area contributed by atoms with Gasteiger partial charge in [-0.1, -0.05) is 20.3 Å². The van der Waals surface area contributed by atoms with Gasteiger partial charge in [-0.15, -0.1) is 0 Å². The van der Waals surface area contributed by atoms with Gasteiger partial charge in [0, 0.05) is 13.1 Å². The highest BCUT2D eigenvalue weighted by Gasteiger charge is 2.35. The smallest absolute Gasteiger partial charge is 0.212 e. The van der Waals surface area contributed by atoms with E-state index in [1.165, 1.54) is 19.3 Å². The number of hydrogen-bond donors (Lipinski definition) is 2. The first-order chi connectivity index (χ1) is 7.54. The van der Waals surface area contributed by atoms with Crippen molar-refractivity contribution in [2.45, 2.75) is 39.5 Å². The topological polar surface area (TPSA) is 58.2 Å². The zero-order valence-electron chi connectivity index (χ0n) is 10.4. The minimum Gasteiger partial charge on any atom is -0.316 e. The van der Waals surface area contributed by atoms with E-state index in [-0.39, 0.29) is 11.2 Å². The van der Waals surface area contributed by atoms with Crippen LogP contribution in [0.15, 0.2) is 0 Å². The van der Waals surface area contributed by atoms with Crippen molar-refractivity contribution >= 4 is 10.0 Å². The van der Waals surface area contributed by atoms with E-state index in [0.717, 1.165) is 13.0 Å². The molecular formula is C11H24N2O2S. The predicted molar refractivity (Wildman–Crippen MR) is 66.9 cm³/mol. The molecule has 0 atom stereocenters. The van der Waals surface area contributed by atoms with Crippen LogP contribution in [0.1, 0.15) is 39.5 Å². The lowest BCUT2D eigenvalue weighted by atomic mass is 9.67. The van der Waals surface area contributed by atoms with E-state index in [0.29, 0.717) is 13.1 Å². The highest BCUT2D eigenvalue weighted by molar-refractivity contribution is 7.89. The Morgan fingerprint density at radius 2 is 1.94 bits per heavy atom. The fourth-order valence-electron chi connectivity index (χ4n) is 2.05. The van der Waals surface area contributed by atoms with E-state index in [4.69, 9.17) is 0 Å². The van der Waals surface area contributed by atoms with Gasteiger partial charge in [0.05, 0.1) is 5.75 Å². The van der Waals surface area contributed by atoms with E-state index in [2.05, 4.69) is 17.0 Å². The summed E-state index contributed by atoms with van der Waals surface area (Å²) >= 11 is 0. The molecule has 2 N–H and O–H groups in total. The van der Waals surface area contributed by atoms with Crippen LogP contribution in [0, 0.1) is 5.41 Å². The highest BCUT2D eigenvalue weighted by Crippen LogP contribution is 2.43. The molecule has 0 saturated heterocycles. The monoisotopic (exact) mass is 248 g/mol. The summed E-state index contributed by atoms with van der Waals surface area (Å²) in [6, 6.07) is 0. The van der Waals surface area contributed by atoms with Gasteiger partial charge in [0.15, 0.2) is 0 Å². The maximum absolute atomic E-state index is 11.7. The zero-order chi connectivity index (χ0) is 12.1. The van der Waals surface area contributed by atoms with Gasteiger partial charge in [0.25, 0.3) is 0 Å². The third-order valence-electron chi connectivity index (χ3n) is 3.63. The van der Waals surface area contributed by atoms with E-state index < -0.39 is 10.0 Å². The lowest BCUT2D eigenvalue weighted by Gasteiger charge is -2.41. The van der Waals surface area contributed by atoms with Crippen molar-refractivity contribution in [2.75, 3.05) is 25.4 Å². The van der Waals surface area contributed by atoms with Crippen molar-refractivity contribution in [3.05, 3.63) is 0 Å². The Morgan fingerprint density at radius 3 is 2.38 bits per heavy atom. The van der Waals surface area contributed by atoms with Gasteiger partial charge in [0.2, 0.25) is 10.0 Å². The van der Waals surface area contributed by atoms with Crippen LogP contribution in [-0.2, 0) is 10.0 Å². The second kappa shape index (κ2) is 5.98. The Kier molecular flexibility index (Phi) is 5.21. The molecule has 1 rings (SSSR count). The summed E-state index contributed by atoms with van der Waals surface area (Å²) in [6.45, 7) is 6.09. The molecule has 4 nitrogen and oxygen atoms in total. The number of hydrogen-bond acceptors (Lipinski definition) is 3. The summed E-state index contributed by atoms with van der Waals surface area (Å²) in [7, 11) is -3.09. The average molecular weight is 248 g/mol. The van der Waals surface area contributed by atoms with Crippen LogP contribution in [0.25, 0.3) is 0 Å².